The van der Waals surface area contributed by atoms with Gasteiger partial charge in [0.25, 0.3) is 0 Å². The molecule has 0 radical (unpaired) electrons. The Morgan fingerprint density at radius 1 is 0.594 bits per heavy atom. The van der Waals surface area contributed by atoms with Gasteiger partial charge in [0.05, 0.1) is 0 Å². The molecule has 6 nitrogen and oxygen atoms in total. The monoisotopic (exact) mass is 662 g/mol. The van der Waals surface area contributed by atoms with Crippen molar-refractivity contribution in [2.24, 2.45) is 0 Å². The van der Waals surface area contributed by atoms with Crippen molar-refractivity contribution in [3.8, 4) is 0 Å². The molecular formula is C15H18Cl3F6O6SbSi. The molecular weight excluding hydrogens is 646 g/mol. The van der Waals surface area contributed by atoms with Crippen LogP contribution < -0.4 is 28.2 Å². The Balaban J connectivity index is -0.000000137. The minimum Gasteiger partial charge on any atom is -1.00 e. The third-order valence-electron chi connectivity index (χ3n) is 2.56. The molecule has 0 bridgehead atoms. The summed E-state index contributed by atoms with van der Waals surface area (Å²) < 4.78 is 16.4. The van der Waals surface area contributed by atoms with Crippen LogP contribution in [0.1, 0.15) is 41.5 Å². The van der Waals surface area contributed by atoms with E-state index >= 15 is 0 Å². The summed E-state index contributed by atoms with van der Waals surface area (Å²) in [6.07, 6.45) is 0. The van der Waals surface area contributed by atoms with Crippen molar-refractivity contribution in [2.45, 2.75) is 41.5 Å². The number of hydrogen-bond donors (Lipinski definition) is 0. The van der Waals surface area contributed by atoms with E-state index in [1.165, 1.54) is 41.5 Å². The molecule has 0 aliphatic heterocycles. The predicted molar refractivity (Wildman–Crippen MR) is 102 cm³/mol. The molecule has 0 saturated carbocycles. The van der Waals surface area contributed by atoms with Crippen LogP contribution in [0.2, 0.25) is 0 Å². The van der Waals surface area contributed by atoms with E-state index in [4.69, 9.17) is 47.7 Å². The SMILES string of the molecule is CC(=O)/C(Cl)=C(/C)O[Si](O/C(C)=C(/Cl)C(C)=O)=[O+]/C(C)=C(/Cl)C(C)=O.[F-].[F-].[F-].[F-].[F-].[F-].[Sb+5]. The van der Waals surface area contributed by atoms with Crippen LogP contribution in [-0.4, -0.2) is 50.9 Å². The molecule has 0 aromatic carbocycles. The molecule has 0 aliphatic carbocycles. The first-order chi connectivity index (χ1) is 11.4. The largest absolute Gasteiger partial charge is 5.00 e. The van der Waals surface area contributed by atoms with Crippen molar-refractivity contribution in [3.63, 3.8) is 0 Å². The number of ketones is 3. The molecule has 0 saturated heterocycles. The molecule has 186 valence electrons. The van der Waals surface area contributed by atoms with Crippen LogP contribution in [0.25, 0.3) is 0 Å². The standard InChI is InChI=1S/C15H18Cl3O6Si.6FH.Sb/c1-7(19)13(16)10(4)22-25(23-11(5)14(17)8(2)20)24-12(6)15(18)9(3)21;;;;;;;/h1-6H3;6*1H;/q+1;;;;;;;+5/p-6/b13-10+,14-11+,15-12+;;;;;;;. The number of allylic oxidation sites excluding steroid dienone is 6. The molecule has 0 aromatic heterocycles. The van der Waals surface area contributed by atoms with Gasteiger partial charge in [-0.05, 0) is 0 Å². The van der Waals surface area contributed by atoms with Crippen molar-refractivity contribution in [3.05, 3.63) is 32.4 Å². The average molecular weight is 664 g/mol. The van der Waals surface area contributed by atoms with Crippen molar-refractivity contribution in [2.75, 3.05) is 0 Å². The summed E-state index contributed by atoms with van der Waals surface area (Å²) in [6.45, 7) is 8.12. The fourth-order valence-corrected chi connectivity index (χ4v) is 2.81. The molecule has 0 heterocycles. The molecule has 0 fully saturated rings. The quantitative estimate of drug-likeness (QED) is 0.0848. The van der Waals surface area contributed by atoms with Gasteiger partial charge in [0.2, 0.25) is 0 Å². The summed E-state index contributed by atoms with van der Waals surface area (Å²) in [5, 5.41) is -0.435. The number of halogens is 9. The van der Waals surface area contributed by atoms with Crippen LogP contribution in [0.5, 0.6) is 0 Å². The topological polar surface area (TPSA) is 81.0 Å². The average Bonchev–Trinajstić information content (AvgIpc) is 2.51. The zero-order chi connectivity index (χ0) is 19.9. The van der Waals surface area contributed by atoms with E-state index in [-0.39, 0.29) is 85.0 Å². The maximum atomic E-state index is 11.3. The van der Waals surface area contributed by atoms with Crippen LogP contribution in [-0.2, 0) is 27.3 Å². The van der Waals surface area contributed by atoms with Crippen LogP contribution in [0.3, 0.4) is 0 Å². The molecule has 0 N–H and O–H groups in total. The number of carbonyl (C=O) groups is 3. The van der Waals surface area contributed by atoms with E-state index in [0.29, 0.717) is 0 Å². The minimum absolute atomic E-state index is 0. The second-order valence-electron chi connectivity index (χ2n) is 4.84. The summed E-state index contributed by atoms with van der Waals surface area (Å²) in [5.74, 6) is -1.07. The van der Waals surface area contributed by atoms with E-state index in [0.717, 1.165) is 0 Å². The van der Waals surface area contributed by atoms with Gasteiger partial charge < -0.3 is 41.2 Å². The second kappa shape index (κ2) is 24.8. The number of hydrogen-bond acceptors (Lipinski definition) is 5. The van der Waals surface area contributed by atoms with Gasteiger partial charge in [-0.25, -0.2) is 0 Å². The summed E-state index contributed by atoms with van der Waals surface area (Å²) >= 11 is 17.5. The molecule has 0 rings (SSSR count). The van der Waals surface area contributed by atoms with Gasteiger partial charge in [-0.3, -0.25) is 14.4 Å². The maximum absolute atomic E-state index is 11.3. The van der Waals surface area contributed by atoms with Gasteiger partial charge >= 0.3 is 33.6 Å². The molecule has 0 spiro atoms. The minimum atomic E-state index is -2.66. The van der Waals surface area contributed by atoms with E-state index in [1.807, 2.05) is 0 Å². The Morgan fingerprint density at radius 2 is 0.844 bits per heavy atom. The first-order valence-corrected chi connectivity index (χ1v) is 9.26. The zero-order valence-corrected chi connectivity index (χ0v) is 23.1. The van der Waals surface area contributed by atoms with Crippen molar-refractivity contribution < 1.29 is 55.6 Å². The van der Waals surface area contributed by atoms with E-state index in [9.17, 15) is 14.4 Å². The Hall–Kier alpha value is -0.885. The van der Waals surface area contributed by atoms with Gasteiger partial charge in [-0.2, -0.15) is 0 Å². The molecule has 0 unspecified atom stereocenters. The van der Waals surface area contributed by atoms with Crippen molar-refractivity contribution in [1.82, 2.24) is 0 Å². The second-order valence-corrected chi connectivity index (χ2v) is 7.08. The summed E-state index contributed by atoms with van der Waals surface area (Å²) in [6, 6.07) is 0. The number of carbonyl (C=O) groups excluding carboxylic acids is 3. The molecule has 17 heteroatoms. The van der Waals surface area contributed by atoms with Gasteiger partial charge in [-0.15, -0.1) is 0 Å². The maximum Gasteiger partial charge on any atom is 5.00 e. The first-order valence-electron chi connectivity index (χ1n) is 6.90. The molecule has 0 aliphatic rings. The van der Waals surface area contributed by atoms with Crippen LogP contribution in [0.15, 0.2) is 32.4 Å². The summed E-state index contributed by atoms with van der Waals surface area (Å²) in [5.41, 5.74) is 0. The Kier molecular flexibility index (Phi) is 40.9. The van der Waals surface area contributed by atoms with Gasteiger partial charge in [0.15, 0.2) is 34.6 Å². The normalized spacial score (nSPS) is 10.8. The van der Waals surface area contributed by atoms with E-state index in [1.54, 1.807) is 0 Å². The fraction of sp³-hybridized carbons (Fsp3) is 0.400. The van der Waals surface area contributed by atoms with Gasteiger partial charge in [0, 0.05) is 41.5 Å². The van der Waals surface area contributed by atoms with Crippen LogP contribution >= 0.6 is 34.8 Å². The Bertz CT molecular complexity index is 707. The fourth-order valence-electron chi connectivity index (χ4n) is 1.32. The summed E-state index contributed by atoms with van der Waals surface area (Å²) in [7, 11) is -2.66. The molecule has 0 atom stereocenters. The molecule has 0 amide bonds. The third-order valence-corrected chi connectivity index (χ3v) is 5.58. The van der Waals surface area contributed by atoms with E-state index in [2.05, 4.69) is 0 Å². The van der Waals surface area contributed by atoms with Gasteiger partial charge in [-0.1, -0.05) is 34.8 Å². The predicted octanol–water partition coefficient (Wildman–Crippen LogP) is -14.2. The first kappa shape index (κ1) is 52.8. The molecule has 0 aromatic rings. The smallest absolute Gasteiger partial charge is 1.00 e. The van der Waals surface area contributed by atoms with E-state index < -0.39 is 26.5 Å². The molecule has 32 heavy (non-hydrogen) atoms. The zero-order valence-electron chi connectivity index (χ0n) is 17.3. The van der Waals surface area contributed by atoms with Crippen LogP contribution in [0, 0.1) is 0 Å². The third kappa shape index (κ3) is 18.7. The Morgan fingerprint density at radius 3 is 1.06 bits per heavy atom. The van der Waals surface area contributed by atoms with Crippen LogP contribution in [0.4, 0.5) is 0 Å². The van der Waals surface area contributed by atoms with Gasteiger partial charge in [0.1, 0.15) is 15.1 Å². The van der Waals surface area contributed by atoms with Crippen molar-refractivity contribution >= 4 is 85.8 Å². The number of Topliss-reactive ketones (excluding diaryl/α,β-unsaturated/α-hetero) is 3. The summed E-state index contributed by atoms with van der Waals surface area (Å²) in [4.78, 5) is 33.9. The van der Waals surface area contributed by atoms with Crippen molar-refractivity contribution in [1.29, 1.82) is 0 Å². The number of rotatable bonds is 8. The Labute approximate surface area is 214 Å².